The summed E-state index contributed by atoms with van der Waals surface area (Å²) in [5.74, 6) is 0. The summed E-state index contributed by atoms with van der Waals surface area (Å²) in [5, 5.41) is 0. The average Bonchev–Trinajstić information content (AvgIpc) is 2.35. The third-order valence-corrected chi connectivity index (χ3v) is 3.07. The van der Waals surface area contributed by atoms with Crippen LogP contribution in [-0.2, 0) is 13.1 Å². The van der Waals surface area contributed by atoms with Crippen LogP contribution in [0.1, 0.15) is 16.7 Å². The van der Waals surface area contributed by atoms with Gasteiger partial charge in [-0.2, -0.15) is 0 Å². The van der Waals surface area contributed by atoms with Gasteiger partial charge in [-0.25, -0.2) is 0 Å². The summed E-state index contributed by atoms with van der Waals surface area (Å²) in [6.07, 6.45) is 0. The normalized spacial score (nSPS) is 10.8. The summed E-state index contributed by atoms with van der Waals surface area (Å²) in [6.45, 7) is 3.92. The lowest BCUT2D eigenvalue weighted by molar-refractivity contribution is 0.319. The number of hydrogen-bond acceptors (Lipinski definition) is 2. The van der Waals surface area contributed by atoms with Crippen molar-refractivity contribution in [2.24, 2.45) is 0 Å². The van der Waals surface area contributed by atoms with Crippen molar-refractivity contribution in [1.82, 2.24) is 4.90 Å². The third kappa shape index (κ3) is 3.34. The monoisotopic (exact) mass is 240 g/mol. The van der Waals surface area contributed by atoms with Gasteiger partial charge >= 0.3 is 0 Å². The van der Waals surface area contributed by atoms with E-state index in [4.69, 9.17) is 5.73 Å². The Bertz CT molecular complexity index is 503. The van der Waals surface area contributed by atoms with E-state index in [1.54, 1.807) is 0 Å². The Morgan fingerprint density at radius 3 is 2.28 bits per heavy atom. The summed E-state index contributed by atoms with van der Waals surface area (Å²) in [7, 11) is 2.12. The number of nitrogens with two attached hydrogens (primary N) is 1. The van der Waals surface area contributed by atoms with Crippen LogP contribution in [0.3, 0.4) is 0 Å². The molecule has 2 N–H and O–H groups in total. The summed E-state index contributed by atoms with van der Waals surface area (Å²) in [6, 6.07) is 16.7. The van der Waals surface area contributed by atoms with Gasteiger partial charge in [0.1, 0.15) is 0 Å². The van der Waals surface area contributed by atoms with Crippen molar-refractivity contribution in [3.05, 3.63) is 65.2 Å². The van der Waals surface area contributed by atoms with Gasteiger partial charge in [0.25, 0.3) is 0 Å². The van der Waals surface area contributed by atoms with Crippen LogP contribution >= 0.6 is 0 Å². The molecule has 0 spiro atoms. The minimum atomic E-state index is 0.869. The first-order valence-corrected chi connectivity index (χ1v) is 6.22. The molecule has 18 heavy (non-hydrogen) atoms. The Morgan fingerprint density at radius 1 is 0.944 bits per heavy atom. The number of para-hydroxylation sites is 1. The average molecular weight is 240 g/mol. The van der Waals surface area contributed by atoms with Gasteiger partial charge < -0.3 is 5.73 Å². The molecule has 2 nitrogen and oxygen atoms in total. The third-order valence-electron chi connectivity index (χ3n) is 3.07. The molecule has 2 rings (SSSR count). The minimum Gasteiger partial charge on any atom is -0.398 e. The van der Waals surface area contributed by atoms with Crippen LogP contribution in [-0.4, -0.2) is 11.9 Å². The summed E-state index contributed by atoms with van der Waals surface area (Å²) < 4.78 is 0. The first-order chi connectivity index (χ1) is 8.65. The molecule has 0 aliphatic heterocycles. The molecule has 94 valence electrons. The second-order valence-electron chi connectivity index (χ2n) is 4.86. The van der Waals surface area contributed by atoms with E-state index in [2.05, 4.69) is 49.2 Å². The highest BCUT2D eigenvalue weighted by Gasteiger charge is 2.04. The van der Waals surface area contributed by atoms with Gasteiger partial charge in [0, 0.05) is 18.8 Å². The van der Waals surface area contributed by atoms with Crippen LogP contribution in [0.4, 0.5) is 5.69 Å². The van der Waals surface area contributed by atoms with Crippen molar-refractivity contribution < 1.29 is 0 Å². The van der Waals surface area contributed by atoms with Crippen LogP contribution in [0, 0.1) is 6.92 Å². The Labute approximate surface area is 109 Å². The molecule has 2 aromatic carbocycles. The lowest BCUT2D eigenvalue weighted by Gasteiger charge is -2.18. The quantitative estimate of drug-likeness (QED) is 0.831. The van der Waals surface area contributed by atoms with Crippen LogP contribution in [0.5, 0.6) is 0 Å². The Kier molecular flexibility index (Phi) is 4.00. The molecule has 0 unspecified atom stereocenters. The number of nitrogen functional groups attached to an aromatic ring is 1. The molecule has 0 radical (unpaired) electrons. The maximum atomic E-state index is 5.96. The maximum absolute atomic E-state index is 5.96. The summed E-state index contributed by atoms with van der Waals surface area (Å²) in [4.78, 5) is 2.27. The minimum absolute atomic E-state index is 0.869. The zero-order valence-corrected chi connectivity index (χ0v) is 11.1. The lowest BCUT2D eigenvalue weighted by atomic mass is 10.1. The maximum Gasteiger partial charge on any atom is 0.0359 e. The van der Waals surface area contributed by atoms with E-state index in [9.17, 15) is 0 Å². The molecule has 0 amide bonds. The first-order valence-electron chi connectivity index (χ1n) is 6.22. The van der Waals surface area contributed by atoms with Gasteiger partial charge in [-0.05, 0) is 31.2 Å². The Balaban J connectivity index is 1.99. The van der Waals surface area contributed by atoms with Gasteiger partial charge in [0.05, 0.1) is 0 Å². The zero-order chi connectivity index (χ0) is 13.0. The number of benzene rings is 2. The highest BCUT2D eigenvalue weighted by atomic mass is 15.1. The molecule has 0 bridgehead atoms. The zero-order valence-electron chi connectivity index (χ0n) is 11.1. The van der Waals surface area contributed by atoms with Crippen LogP contribution in [0.15, 0.2) is 48.5 Å². The molecule has 0 heterocycles. The number of rotatable bonds is 4. The Morgan fingerprint density at radius 2 is 1.61 bits per heavy atom. The molecular weight excluding hydrogens is 220 g/mol. The van der Waals surface area contributed by atoms with Crippen LogP contribution in [0.25, 0.3) is 0 Å². The van der Waals surface area contributed by atoms with E-state index >= 15 is 0 Å². The van der Waals surface area contributed by atoms with Gasteiger partial charge in [-0.15, -0.1) is 0 Å². The number of nitrogens with zero attached hydrogens (tertiary/aromatic N) is 1. The van der Waals surface area contributed by atoms with E-state index in [0.29, 0.717) is 0 Å². The van der Waals surface area contributed by atoms with Gasteiger partial charge in [-0.1, -0.05) is 48.0 Å². The molecule has 2 heteroatoms. The van der Waals surface area contributed by atoms with E-state index < -0.39 is 0 Å². The first kappa shape index (κ1) is 12.7. The predicted octanol–water partition coefficient (Wildman–Crippen LogP) is 3.21. The molecule has 0 atom stereocenters. The van der Waals surface area contributed by atoms with Gasteiger partial charge in [0.15, 0.2) is 0 Å². The second kappa shape index (κ2) is 5.69. The summed E-state index contributed by atoms with van der Waals surface area (Å²) in [5.41, 5.74) is 10.6. The molecule has 0 aliphatic carbocycles. The highest BCUT2D eigenvalue weighted by Crippen LogP contribution is 2.14. The molecule has 0 aromatic heterocycles. The van der Waals surface area contributed by atoms with E-state index in [1.165, 1.54) is 16.7 Å². The Hall–Kier alpha value is -1.80. The number of hydrogen-bond donors (Lipinski definition) is 1. The molecule has 0 saturated heterocycles. The summed E-state index contributed by atoms with van der Waals surface area (Å²) >= 11 is 0. The fourth-order valence-corrected chi connectivity index (χ4v) is 2.03. The molecule has 0 saturated carbocycles. The van der Waals surface area contributed by atoms with Gasteiger partial charge in [0.2, 0.25) is 0 Å². The topological polar surface area (TPSA) is 29.3 Å². The van der Waals surface area contributed by atoms with E-state index in [1.807, 2.05) is 18.2 Å². The van der Waals surface area contributed by atoms with E-state index in [0.717, 1.165) is 18.8 Å². The van der Waals surface area contributed by atoms with E-state index in [-0.39, 0.29) is 0 Å². The van der Waals surface area contributed by atoms with Crippen molar-refractivity contribution >= 4 is 5.69 Å². The lowest BCUT2D eigenvalue weighted by Crippen LogP contribution is -2.18. The molecule has 0 aliphatic rings. The van der Waals surface area contributed by atoms with Crippen molar-refractivity contribution in [2.45, 2.75) is 20.0 Å². The van der Waals surface area contributed by atoms with Gasteiger partial charge in [-0.3, -0.25) is 4.90 Å². The standard InChI is InChI=1S/C16H20N2/c1-13-7-9-14(10-8-13)11-18(2)12-15-5-3-4-6-16(15)17/h3-10H,11-12,17H2,1-2H3. The predicted molar refractivity (Wildman–Crippen MR) is 77.2 cm³/mol. The molecule has 2 aromatic rings. The fraction of sp³-hybridized carbons (Fsp3) is 0.250. The van der Waals surface area contributed by atoms with Crippen LogP contribution in [0.2, 0.25) is 0 Å². The van der Waals surface area contributed by atoms with Crippen molar-refractivity contribution in [2.75, 3.05) is 12.8 Å². The second-order valence-corrected chi connectivity index (χ2v) is 4.86. The molecule has 0 fully saturated rings. The fourth-order valence-electron chi connectivity index (χ4n) is 2.03. The largest absolute Gasteiger partial charge is 0.398 e. The number of anilines is 1. The van der Waals surface area contributed by atoms with Crippen LogP contribution < -0.4 is 5.73 Å². The SMILES string of the molecule is Cc1ccc(CN(C)Cc2ccccc2N)cc1. The molecular formula is C16H20N2. The smallest absolute Gasteiger partial charge is 0.0359 e. The van der Waals surface area contributed by atoms with Crippen molar-refractivity contribution in [3.8, 4) is 0 Å². The highest BCUT2D eigenvalue weighted by molar-refractivity contribution is 5.46. The number of aryl methyl sites for hydroxylation is 1. The van der Waals surface area contributed by atoms with Crippen molar-refractivity contribution in [3.63, 3.8) is 0 Å². The van der Waals surface area contributed by atoms with Crippen molar-refractivity contribution in [1.29, 1.82) is 0 Å².